The van der Waals surface area contributed by atoms with E-state index in [0.29, 0.717) is 0 Å². The lowest BCUT2D eigenvalue weighted by atomic mass is 9.98. The van der Waals surface area contributed by atoms with Crippen molar-refractivity contribution >= 4 is 33.3 Å². The first kappa shape index (κ1) is 14.3. The molecular formula is C15H20N4OS. The highest BCUT2D eigenvalue weighted by Crippen LogP contribution is 2.36. The van der Waals surface area contributed by atoms with Crippen LogP contribution in [0.25, 0.3) is 10.2 Å². The molecule has 0 atom stereocenters. The van der Waals surface area contributed by atoms with E-state index in [1.54, 1.807) is 17.7 Å². The number of hydrogen-bond acceptors (Lipinski definition) is 5. The average Bonchev–Trinajstić information content (AvgIpc) is 2.63. The minimum absolute atomic E-state index is 0.0671. The first-order chi connectivity index (χ1) is 9.97. The zero-order valence-corrected chi connectivity index (χ0v) is 13.6. The molecule has 3 rings (SSSR count). The van der Waals surface area contributed by atoms with Gasteiger partial charge in [0.25, 0.3) is 0 Å². The van der Waals surface area contributed by atoms with Crippen LogP contribution in [-0.4, -0.2) is 35.0 Å². The van der Waals surface area contributed by atoms with Crippen LogP contribution in [0.5, 0.6) is 0 Å². The van der Waals surface area contributed by atoms with E-state index in [1.807, 2.05) is 13.8 Å². The number of rotatable bonds is 3. The second kappa shape index (κ2) is 5.26. The Bertz CT molecular complexity index is 688. The summed E-state index contributed by atoms with van der Waals surface area (Å²) in [6, 6.07) is 0.194. The highest BCUT2D eigenvalue weighted by molar-refractivity contribution is 7.18. The van der Waals surface area contributed by atoms with Gasteiger partial charge in [0.2, 0.25) is 5.91 Å². The van der Waals surface area contributed by atoms with Gasteiger partial charge >= 0.3 is 0 Å². The summed E-state index contributed by atoms with van der Waals surface area (Å²) in [7, 11) is 0. The maximum Gasteiger partial charge on any atom is 0.226 e. The molecule has 0 spiro atoms. The number of thiophene rings is 1. The van der Waals surface area contributed by atoms with E-state index in [-0.39, 0.29) is 17.9 Å². The molecule has 1 fully saturated rings. The van der Waals surface area contributed by atoms with Crippen LogP contribution in [0.2, 0.25) is 0 Å². The number of aryl methyl sites for hydroxylation is 2. The molecular weight excluding hydrogens is 284 g/mol. The molecule has 3 heterocycles. The van der Waals surface area contributed by atoms with Crippen molar-refractivity contribution in [3.8, 4) is 0 Å². The van der Waals surface area contributed by atoms with Crippen molar-refractivity contribution in [1.29, 1.82) is 0 Å². The molecule has 1 N–H and O–H groups in total. The Hall–Kier alpha value is -1.69. The number of fused-ring (bicyclic) bond motifs is 1. The van der Waals surface area contributed by atoms with Gasteiger partial charge in [-0.25, -0.2) is 9.97 Å². The molecule has 0 bridgehead atoms. The van der Waals surface area contributed by atoms with Gasteiger partial charge in [-0.1, -0.05) is 0 Å². The van der Waals surface area contributed by atoms with Crippen molar-refractivity contribution in [1.82, 2.24) is 15.3 Å². The quantitative estimate of drug-likeness (QED) is 0.945. The maximum absolute atomic E-state index is 12.0. The minimum atomic E-state index is 0.0671. The standard InChI is InChI=1S/C15H20N4OS/c1-8(2)18-14(20)11-5-19(6-11)13-12-9(3)10(4)21-15(12)17-7-16-13/h7-8,11H,5-6H2,1-4H3,(H,18,20). The van der Waals surface area contributed by atoms with E-state index < -0.39 is 0 Å². The van der Waals surface area contributed by atoms with Gasteiger partial charge in [0.1, 0.15) is 17.0 Å². The Morgan fingerprint density at radius 1 is 1.38 bits per heavy atom. The predicted octanol–water partition coefficient (Wildman–Crippen LogP) is 2.27. The normalized spacial score (nSPS) is 15.6. The highest BCUT2D eigenvalue weighted by Gasteiger charge is 2.35. The molecule has 2 aromatic heterocycles. The minimum Gasteiger partial charge on any atom is -0.354 e. The van der Waals surface area contributed by atoms with Crippen LogP contribution in [0, 0.1) is 19.8 Å². The molecule has 0 unspecified atom stereocenters. The number of carbonyl (C=O) groups excluding carboxylic acids is 1. The van der Waals surface area contributed by atoms with Crippen molar-refractivity contribution in [2.24, 2.45) is 5.92 Å². The van der Waals surface area contributed by atoms with E-state index in [4.69, 9.17) is 0 Å². The van der Waals surface area contributed by atoms with Crippen LogP contribution in [0.1, 0.15) is 24.3 Å². The molecule has 6 heteroatoms. The summed E-state index contributed by atoms with van der Waals surface area (Å²) in [4.78, 5) is 25.3. The van der Waals surface area contributed by atoms with Gasteiger partial charge in [-0.05, 0) is 33.3 Å². The molecule has 0 saturated carbocycles. The highest BCUT2D eigenvalue weighted by atomic mass is 32.1. The first-order valence-corrected chi connectivity index (χ1v) is 8.05. The van der Waals surface area contributed by atoms with Crippen LogP contribution < -0.4 is 10.2 Å². The van der Waals surface area contributed by atoms with Crippen LogP contribution >= 0.6 is 11.3 Å². The number of hydrogen-bond donors (Lipinski definition) is 1. The summed E-state index contributed by atoms with van der Waals surface area (Å²) in [5, 5.41) is 4.11. The van der Waals surface area contributed by atoms with E-state index in [9.17, 15) is 4.79 Å². The molecule has 1 amide bonds. The zero-order chi connectivity index (χ0) is 15.1. The number of nitrogens with one attached hydrogen (secondary N) is 1. The molecule has 5 nitrogen and oxygen atoms in total. The van der Waals surface area contributed by atoms with E-state index >= 15 is 0 Å². The van der Waals surface area contributed by atoms with Crippen molar-refractivity contribution in [2.75, 3.05) is 18.0 Å². The molecule has 1 aliphatic rings. The molecule has 1 saturated heterocycles. The van der Waals surface area contributed by atoms with E-state index in [1.165, 1.54) is 10.4 Å². The van der Waals surface area contributed by atoms with Crippen molar-refractivity contribution in [3.05, 3.63) is 16.8 Å². The lowest BCUT2D eigenvalue weighted by Crippen LogP contribution is -2.55. The SMILES string of the molecule is Cc1sc2ncnc(N3CC(C(=O)NC(C)C)C3)c2c1C. The number of anilines is 1. The Kier molecular flexibility index (Phi) is 3.57. The van der Waals surface area contributed by atoms with Crippen LogP contribution in [0.4, 0.5) is 5.82 Å². The third-order valence-corrected chi connectivity index (χ3v) is 5.04. The predicted molar refractivity (Wildman–Crippen MR) is 85.9 cm³/mol. The third-order valence-electron chi connectivity index (χ3n) is 3.93. The topological polar surface area (TPSA) is 58.1 Å². The van der Waals surface area contributed by atoms with E-state index in [2.05, 4.69) is 34.0 Å². The molecule has 0 radical (unpaired) electrons. The maximum atomic E-state index is 12.0. The third kappa shape index (κ3) is 2.48. The second-order valence-corrected chi connectivity index (χ2v) is 7.13. The fourth-order valence-corrected chi connectivity index (χ4v) is 3.61. The number of aromatic nitrogens is 2. The Balaban J connectivity index is 1.80. The van der Waals surface area contributed by atoms with Gasteiger partial charge < -0.3 is 10.2 Å². The first-order valence-electron chi connectivity index (χ1n) is 7.23. The van der Waals surface area contributed by atoms with Gasteiger partial charge in [-0.2, -0.15) is 0 Å². The Morgan fingerprint density at radius 2 is 2.10 bits per heavy atom. The molecule has 112 valence electrons. The number of amides is 1. The monoisotopic (exact) mass is 304 g/mol. The van der Waals surface area contributed by atoms with Crippen LogP contribution in [0.15, 0.2) is 6.33 Å². The van der Waals surface area contributed by atoms with Crippen LogP contribution in [-0.2, 0) is 4.79 Å². The van der Waals surface area contributed by atoms with Crippen molar-refractivity contribution in [3.63, 3.8) is 0 Å². The second-order valence-electron chi connectivity index (χ2n) is 5.93. The summed E-state index contributed by atoms with van der Waals surface area (Å²) in [6.45, 7) is 9.67. The van der Waals surface area contributed by atoms with Gasteiger partial charge in [-0.15, -0.1) is 11.3 Å². The van der Waals surface area contributed by atoms with Crippen molar-refractivity contribution < 1.29 is 4.79 Å². The van der Waals surface area contributed by atoms with E-state index in [0.717, 1.165) is 29.1 Å². The number of nitrogens with zero attached hydrogens (tertiary/aromatic N) is 3. The van der Waals surface area contributed by atoms with Crippen molar-refractivity contribution in [2.45, 2.75) is 33.7 Å². The smallest absolute Gasteiger partial charge is 0.226 e. The molecule has 21 heavy (non-hydrogen) atoms. The van der Waals surface area contributed by atoms with Crippen LogP contribution in [0.3, 0.4) is 0 Å². The zero-order valence-electron chi connectivity index (χ0n) is 12.8. The van der Waals surface area contributed by atoms with Gasteiger partial charge in [0, 0.05) is 24.0 Å². The molecule has 0 aliphatic carbocycles. The summed E-state index contributed by atoms with van der Waals surface area (Å²) < 4.78 is 0. The van der Waals surface area contributed by atoms with Gasteiger partial charge in [0.05, 0.1) is 11.3 Å². The Labute approximate surface area is 128 Å². The summed E-state index contributed by atoms with van der Waals surface area (Å²) in [6.07, 6.45) is 1.62. The molecule has 1 aliphatic heterocycles. The largest absolute Gasteiger partial charge is 0.354 e. The Morgan fingerprint density at radius 3 is 2.76 bits per heavy atom. The van der Waals surface area contributed by atoms with Gasteiger partial charge in [-0.3, -0.25) is 4.79 Å². The summed E-state index contributed by atoms with van der Waals surface area (Å²) >= 11 is 1.70. The summed E-state index contributed by atoms with van der Waals surface area (Å²) in [5.41, 5.74) is 1.25. The lowest BCUT2D eigenvalue weighted by molar-refractivity contribution is -0.126. The molecule has 2 aromatic rings. The average molecular weight is 304 g/mol. The van der Waals surface area contributed by atoms with Gasteiger partial charge in [0.15, 0.2) is 0 Å². The lowest BCUT2D eigenvalue weighted by Gasteiger charge is -2.39. The fraction of sp³-hybridized carbons (Fsp3) is 0.533. The summed E-state index contributed by atoms with van der Waals surface area (Å²) in [5.74, 6) is 1.18. The molecule has 0 aromatic carbocycles. The number of carbonyl (C=O) groups is 1. The fourth-order valence-electron chi connectivity index (χ4n) is 2.62.